The van der Waals surface area contributed by atoms with Crippen LogP contribution >= 0.6 is 15.9 Å². The van der Waals surface area contributed by atoms with E-state index in [9.17, 15) is 9.90 Å². The number of aromatic nitrogens is 6. The Morgan fingerprint density at radius 2 is 1.75 bits per heavy atom. The van der Waals surface area contributed by atoms with Crippen molar-refractivity contribution in [3.63, 3.8) is 0 Å². The zero-order valence-corrected chi connectivity index (χ0v) is 23.1. The molecule has 0 unspecified atom stereocenters. The minimum atomic E-state index is -1.15. The van der Waals surface area contributed by atoms with Crippen molar-refractivity contribution in [2.24, 2.45) is 0 Å². The Hall–Kier alpha value is -4.35. The van der Waals surface area contributed by atoms with Crippen LogP contribution in [0.2, 0.25) is 0 Å². The summed E-state index contributed by atoms with van der Waals surface area (Å²) >= 11 is 3.40. The molecule has 0 spiro atoms. The second-order valence-electron chi connectivity index (χ2n) is 9.69. The molecule has 1 aliphatic heterocycles. The lowest BCUT2D eigenvalue weighted by atomic mass is 9.88. The van der Waals surface area contributed by atoms with Gasteiger partial charge < -0.3 is 14.7 Å². The molecule has 1 fully saturated rings. The molecule has 0 radical (unpaired) electrons. The van der Waals surface area contributed by atoms with E-state index in [0.29, 0.717) is 55.4 Å². The second-order valence-corrected chi connectivity index (χ2v) is 10.6. The Bertz CT molecular complexity index is 1590. The van der Waals surface area contributed by atoms with Crippen LogP contribution in [-0.2, 0) is 12.1 Å². The number of carbonyl (C=O) groups excluding carboxylic acids is 1. The number of aliphatic hydroxyl groups is 1. The average molecular weight is 600 g/mol. The summed E-state index contributed by atoms with van der Waals surface area (Å²) in [4.78, 5) is 19.1. The molecular formula is C29H26BrN7O3. The standard InChI is InChI=1S/C29H26BrN7O3/c30-23-7-9-25(10-8-23)40-27-11-6-22(17-31-27)28(38)35-14-12-29(39,13-15-35)26-20-36(34-33-26)18-21-16-32-37(19-21)24-4-2-1-3-5-24/h1-11,16-17,19-20,39H,12-15,18H2. The number of piperidine rings is 1. The molecule has 1 saturated heterocycles. The third-order valence-electron chi connectivity index (χ3n) is 6.91. The maximum Gasteiger partial charge on any atom is 0.255 e. The number of pyridine rings is 1. The summed E-state index contributed by atoms with van der Waals surface area (Å²) in [5, 5.41) is 24.2. The van der Waals surface area contributed by atoms with Gasteiger partial charge >= 0.3 is 0 Å². The van der Waals surface area contributed by atoms with E-state index in [-0.39, 0.29) is 5.91 Å². The smallest absolute Gasteiger partial charge is 0.255 e. The van der Waals surface area contributed by atoms with E-state index in [1.807, 2.05) is 65.5 Å². The van der Waals surface area contributed by atoms with Gasteiger partial charge in [-0.3, -0.25) is 4.79 Å². The van der Waals surface area contributed by atoms with E-state index in [0.717, 1.165) is 15.7 Å². The largest absolute Gasteiger partial charge is 0.439 e. The first-order valence-corrected chi connectivity index (χ1v) is 13.7. The lowest BCUT2D eigenvalue weighted by Crippen LogP contribution is -2.45. The van der Waals surface area contributed by atoms with Gasteiger partial charge in [-0.15, -0.1) is 5.10 Å². The normalized spacial score (nSPS) is 14.7. The molecule has 2 aromatic carbocycles. The van der Waals surface area contributed by atoms with E-state index in [1.165, 1.54) is 6.20 Å². The number of ether oxygens (including phenoxy) is 1. The van der Waals surface area contributed by atoms with Crippen LogP contribution in [0.25, 0.3) is 5.69 Å². The summed E-state index contributed by atoms with van der Waals surface area (Å²) in [5.41, 5.74) is 1.77. The Kier molecular flexibility index (Phi) is 7.14. The molecule has 1 amide bonds. The van der Waals surface area contributed by atoms with Crippen LogP contribution in [0.4, 0.5) is 0 Å². The zero-order valence-electron chi connectivity index (χ0n) is 21.5. The highest BCUT2D eigenvalue weighted by atomic mass is 79.9. The predicted octanol–water partition coefficient (Wildman–Crippen LogP) is 4.59. The van der Waals surface area contributed by atoms with Crippen LogP contribution < -0.4 is 4.74 Å². The Morgan fingerprint density at radius 3 is 2.48 bits per heavy atom. The summed E-state index contributed by atoms with van der Waals surface area (Å²) in [6.45, 7) is 1.27. The first-order chi connectivity index (χ1) is 19.4. The van der Waals surface area contributed by atoms with Crippen LogP contribution in [0.5, 0.6) is 11.6 Å². The number of likely N-dealkylation sites (tertiary alicyclic amines) is 1. The van der Waals surface area contributed by atoms with Crippen molar-refractivity contribution in [1.82, 2.24) is 34.7 Å². The number of nitrogens with zero attached hydrogens (tertiary/aromatic N) is 7. The van der Waals surface area contributed by atoms with Crippen LogP contribution in [0.1, 0.15) is 34.5 Å². The molecule has 10 nitrogen and oxygen atoms in total. The molecule has 0 bridgehead atoms. The van der Waals surface area contributed by atoms with E-state index >= 15 is 0 Å². The van der Waals surface area contributed by atoms with Gasteiger partial charge in [0.1, 0.15) is 17.0 Å². The minimum absolute atomic E-state index is 0.135. The molecule has 0 atom stereocenters. The fraction of sp³-hybridized carbons (Fsp3) is 0.207. The van der Waals surface area contributed by atoms with Gasteiger partial charge in [-0.05, 0) is 55.3 Å². The van der Waals surface area contributed by atoms with Crippen molar-refractivity contribution in [2.45, 2.75) is 25.0 Å². The van der Waals surface area contributed by atoms with E-state index in [1.54, 1.807) is 34.1 Å². The fourth-order valence-corrected chi connectivity index (χ4v) is 4.91. The monoisotopic (exact) mass is 599 g/mol. The highest BCUT2D eigenvalue weighted by Crippen LogP contribution is 2.32. The van der Waals surface area contributed by atoms with Gasteiger partial charge in [-0.2, -0.15) is 5.10 Å². The summed E-state index contributed by atoms with van der Waals surface area (Å²) in [6.07, 6.45) is 7.75. The Morgan fingerprint density at radius 1 is 0.975 bits per heavy atom. The molecule has 3 aromatic heterocycles. The van der Waals surface area contributed by atoms with Crippen molar-refractivity contribution >= 4 is 21.8 Å². The Labute approximate surface area is 239 Å². The van der Waals surface area contributed by atoms with Crippen LogP contribution in [-0.4, -0.2) is 58.8 Å². The first-order valence-electron chi connectivity index (χ1n) is 12.9. The molecular weight excluding hydrogens is 574 g/mol. The molecule has 40 heavy (non-hydrogen) atoms. The summed E-state index contributed by atoms with van der Waals surface area (Å²) < 4.78 is 10.2. The molecule has 5 aromatic rings. The summed E-state index contributed by atoms with van der Waals surface area (Å²) in [5.74, 6) is 0.926. The van der Waals surface area contributed by atoms with Gasteiger partial charge in [-0.25, -0.2) is 14.3 Å². The van der Waals surface area contributed by atoms with Crippen LogP contribution in [0, 0.1) is 0 Å². The molecule has 11 heteroatoms. The van der Waals surface area contributed by atoms with Gasteiger partial charge in [0, 0.05) is 41.6 Å². The first kappa shape index (κ1) is 25.9. The molecule has 6 rings (SSSR count). The number of halogens is 1. The zero-order chi connectivity index (χ0) is 27.5. The number of amides is 1. The quantitative estimate of drug-likeness (QED) is 0.291. The summed E-state index contributed by atoms with van der Waals surface area (Å²) in [6, 6.07) is 20.7. The number of carbonyl (C=O) groups is 1. The number of rotatable bonds is 7. The van der Waals surface area contributed by atoms with Gasteiger partial charge in [0.2, 0.25) is 5.88 Å². The molecule has 1 aliphatic rings. The molecule has 0 aliphatic carbocycles. The summed E-state index contributed by atoms with van der Waals surface area (Å²) in [7, 11) is 0. The minimum Gasteiger partial charge on any atom is -0.439 e. The van der Waals surface area contributed by atoms with Crippen molar-refractivity contribution < 1.29 is 14.6 Å². The third-order valence-corrected chi connectivity index (χ3v) is 7.44. The van der Waals surface area contributed by atoms with E-state index in [2.05, 4.69) is 36.3 Å². The number of hydrogen-bond donors (Lipinski definition) is 1. The van der Waals surface area contributed by atoms with E-state index < -0.39 is 5.60 Å². The maximum atomic E-state index is 13.1. The van der Waals surface area contributed by atoms with E-state index in [4.69, 9.17) is 4.74 Å². The van der Waals surface area contributed by atoms with Gasteiger partial charge in [0.15, 0.2) is 0 Å². The maximum absolute atomic E-state index is 13.1. The molecule has 0 saturated carbocycles. The molecule has 202 valence electrons. The van der Waals surface area contributed by atoms with Crippen molar-refractivity contribution in [1.29, 1.82) is 0 Å². The average Bonchev–Trinajstić information content (AvgIpc) is 3.66. The van der Waals surface area contributed by atoms with Gasteiger partial charge in [-0.1, -0.05) is 39.3 Å². The van der Waals surface area contributed by atoms with Gasteiger partial charge in [0.25, 0.3) is 5.91 Å². The molecule has 4 heterocycles. The number of para-hydroxylation sites is 1. The Balaban J connectivity index is 1.05. The van der Waals surface area contributed by atoms with Crippen molar-refractivity contribution in [3.05, 3.63) is 113 Å². The van der Waals surface area contributed by atoms with Gasteiger partial charge in [0.05, 0.1) is 30.2 Å². The topological polar surface area (TPSA) is 111 Å². The van der Waals surface area contributed by atoms with Crippen molar-refractivity contribution in [2.75, 3.05) is 13.1 Å². The van der Waals surface area contributed by atoms with Crippen LogP contribution in [0.3, 0.4) is 0 Å². The molecule has 1 N–H and O–H groups in total. The lowest BCUT2D eigenvalue weighted by molar-refractivity contribution is -0.0245. The third kappa shape index (κ3) is 5.65. The predicted molar refractivity (Wildman–Crippen MR) is 150 cm³/mol. The highest BCUT2D eigenvalue weighted by Gasteiger charge is 2.38. The second kappa shape index (κ2) is 11.0. The fourth-order valence-electron chi connectivity index (χ4n) is 4.65. The highest BCUT2D eigenvalue weighted by molar-refractivity contribution is 9.10. The SMILES string of the molecule is O=C(c1ccc(Oc2ccc(Br)cc2)nc1)N1CCC(O)(c2cn(Cc3cnn(-c4ccccc4)c3)nn2)CC1. The number of benzene rings is 2. The lowest BCUT2D eigenvalue weighted by Gasteiger charge is -2.36. The van der Waals surface area contributed by atoms with Crippen LogP contribution in [0.15, 0.2) is 96.0 Å². The van der Waals surface area contributed by atoms with Crippen molar-refractivity contribution in [3.8, 4) is 17.3 Å². The number of hydrogen-bond acceptors (Lipinski definition) is 7.